The Labute approximate surface area is 184 Å². The zero-order chi connectivity index (χ0) is 22.9. The number of nitrogens with zero attached hydrogens (tertiary/aromatic N) is 1. The van der Waals surface area contributed by atoms with Crippen LogP contribution in [0.25, 0.3) is 10.9 Å². The Morgan fingerprint density at radius 2 is 1.87 bits per heavy atom. The van der Waals surface area contributed by atoms with Gasteiger partial charge in [-0.25, -0.2) is 4.39 Å². The highest BCUT2D eigenvalue weighted by Crippen LogP contribution is 2.28. The van der Waals surface area contributed by atoms with Crippen LogP contribution in [0.2, 0.25) is 5.02 Å². The zero-order valence-electron chi connectivity index (χ0n) is 17.7. The number of fused-ring (bicyclic) bond motifs is 1. The number of benzene rings is 2. The van der Waals surface area contributed by atoms with Crippen molar-refractivity contribution < 1.29 is 19.4 Å². The van der Waals surface area contributed by atoms with E-state index in [4.69, 9.17) is 11.6 Å². The number of aromatic nitrogens is 1. The molecule has 31 heavy (non-hydrogen) atoms. The molecule has 0 fully saturated rings. The fourth-order valence-corrected chi connectivity index (χ4v) is 4.03. The summed E-state index contributed by atoms with van der Waals surface area (Å²) >= 11 is 5.89. The van der Waals surface area contributed by atoms with E-state index in [-0.39, 0.29) is 53.3 Å². The zero-order valence-corrected chi connectivity index (χ0v) is 18.4. The second-order valence-corrected chi connectivity index (χ2v) is 8.42. The van der Waals surface area contributed by atoms with E-state index < -0.39 is 11.2 Å². The molecule has 7 heteroatoms. The molecule has 0 spiro atoms. The summed E-state index contributed by atoms with van der Waals surface area (Å²) in [6, 6.07) is 7.58. The molecule has 0 amide bonds. The van der Waals surface area contributed by atoms with Gasteiger partial charge in [-0.2, -0.15) is 0 Å². The molecule has 5 nitrogen and oxygen atoms in total. The maximum atomic E-state index is 14.5. The molecular weight excluding hydrogens is 421 g/mol. The van der Waals surface area contributed by atoms with Gasteiger partial charge in [0.15, 0.2) is 11.2 Å². The SMILES string of the molecule is CC(=O)c1cn([C@H](CO)C(C)C)c2cc(CO)c(Cc3cccc(Cl)c3F)cc2c1=O. The summed E-state index contributed by atoms with van der Waals surface area (Å²) in [7, 11) is 0. The molecule has 1 heterocycles. The second kappa shape index (κ2) is 9.30. The first-order valence-electron chi connectivity index (χ1n) is 10.1. The number of rotatable bonds is 7. The van der Waals surface area contributed by atoms with Crippen LogP contribution in [0.1, 0.15) is 53.9 Å². The van der Waals surface area contributed by atoms with Crippen molar-refractivity contribution in [1.82, 2.24) is 4.57 Å². The molecule has 1 atom stereocenters. The van der Waals surface area contributed by atoms with Crippen LogP contribution in [0.3, 0.4) is 0 Å². The molecule has 0 saturated carbocycles. The van der Waals surface area contributed by atoms with Crippen LogP contribution >= 0.6 is 11.6 Å². The van der Waals surface area contributed by atoms with Gasteiger partial charge >= 0.3 is 0 Å². The molecule has 0 aliphatic carbocycles. The van der Waals surface area contributed by atoms with Gasteiger partial charge in [0.1, 0.15) is 5.82 Å². The van der Waals surface area contributed by atoms with E-state index in [1.807, 2.05) is 13.8 Å². The molecule has 0 aliphatic heterocycles. The first-order valence-corrected chi connectivity index (χ1v) is 10.4. The Bertz CT molecular complexity index is 1200. The number of aliphatic hydroxyl groups is 2. The molecule has 3 aromatic rings. The molecule has 0 bridgehead atoms. The molecule has 2 N–H and O–H groups in total. The van der Waals surface area contributed by atoms with E-state index >= 15 is 0 Å². The number of halogens is 2. The third-order valence-corrected chi connectivity index (χ3v) is 5.92. The molecule has 1 aromatic heterocycles. The molecular formula is C24H25ClFNO4. The monoisotopic (exact) mass is 445 g/mol. The van der Waals surface area contributed by atoms with Crippen molar-refractivity contribution in [3.63, 3.8) is 0 Å². The lowest BCUT2D eigenvalue weighted by Crippen LogP contribution is -2.25. The summed E-state index contributed by atoms with van der Waals surface area (Å²) in [5.41, 5.74) is 1.50. The maximum absolute atomic E-state index is 14.5. The van der Waals surface area contributed by atoms with Crippen molar-refractivity contribution in [2.24, 2.45) is 5.92 Å². The van der Waals surface area contributed by atoms with Gasteiger partial charge in [0, 0.05) is 18.0 Å². The normalized spacial score (nSPS) is 12.5. The summed E-state index contributed by atoms with van der Waals surface area (Å²) in [6.45, 7) is 4.68. The summed E-state index contributed by atoms with van der Waals surface area (Å²) in [5.74, 6) is -0.911. The predicted molar refractivity (Wildman–Crippen MR) is 119 cm³/mol. The number of hydrogen-bond acceptors (Lipinski definition) is 4. The van der Waals surface area contributed by atoms with Crippen molar-refractivity contribution in [3.05, 3.63) is 79.8 Å². The van der Waals surface area contributed by atoms with Gasteiger partial charge in [0.25, 0.3) is 0 Å². The highest BCUT2D eigenvalue weighted by atomic mass is 35.5. The summed E-state index contributed by atoms with van der Waals surface area (Å²) < 4.78 is 16.2. The lowest BCUT2D eigenvalue weighted by molar-refractivity contribution is 0.101. The average Bonchev–Trinajstić information content (AvgIpc) is 2.72. The van der Waals surface area contributed by atoms with Crippen molar-refractivity contribution in [3.8, 4) is 0 Å². The van der Waals surface area contributed by atoms with Gasteiger partial charge < -0.3 is 14.8 Å². The number of hydrogen-bond donors (Lipinski definition) is 2. The van der Waals surface area contributed by atoms with Gasteiger partial charge in [0.05, 0.1) is 35.4 Å². The van der Waals surface area contributed by atoms with Crippen LogP contribution in [0.4, 0.5) is 4.39 Å². The molecule has 0 radical (unpaired) electrons. The maximum Gasteiger partial charge on any atom is 0.200 e. The Balaban J connectivity index is 2.32. The van der Waals surface area contributed by atoms with E-state index in [9.17, 15) is 24.2 Å². The third kappa shape index (κ3) is 4.42. The van der Waals surface area contributed by atoms with Crippen LogP contribution in [0, 0.1) is 11.7 Å². The Morgan fingerprint density at radius 3 is 2.45 bits per heavy atom. The number of carbonyl (C=O) groups excluding carboxylic acids is 1. The number of ketones is 1. The molecule has 0 saturated heterocycles. The lowest BCUT2D eigenvalue weighted by atomic mass is 9.95. The second-order valence-electron chi connectivity index (χ2n) is 8.02. The van der Waals surface area contributed by atoms with E-state index in [0.717, 1.165) is 0 Å². The lowest BCUT2D eigenvalue weighted by Gasteiger charge is -2.25. The average molecular weight is 446 g/mol. The summed E-state index contributed by atoms with van der Waals surface area (Å²) in [6.07, 6.45) is 1.60. The number of pyridine rings is 1. The van der Waals surface area contributed by atoms with Gasteiger partial charge in [-0.15, -0.1) is 0 Å². The number of aliphatic hydroxyl groups excluding tert-OH is 2. The smallest absolute Gasteiger partial charge is 0.200 e. The van der Waals surface area contributed by atoms with Crippen molar-refractivity contribution in [2.75, 3.05) is 6.61 Å². The van der Waals surface area contributed by atoms with Gasteiger partial charge in [0.2, 0.25) is 0 Å². The van der Waals surface area contributed by atoms with Crippen LogP contribution < -0.4 is 5.43 Å². The minimum absolute atomic E-state index is 0.00668. The number of carbonyl (C=O) groups is 1. The molecule has 2 aromatic carbocycles. The molecule has 0 aliphatic rings. The minimum Gasteiger partial charge on any atom is -0.394 e. The van der Waals surface area contributed by atoms with E-state index in [0.29, 0.717) is 22.2 Å². The van der Waals surface area contributed by atoms with E-state index in [1.54, 1.807) is 28.8 Å². The van der Waals surface area contributed by atoms with Gasteiger partial charge in [-0.1, -0.05) is 37.6 Å². The van der Waals surface area contributed by atoms with Crippen LogP contribution in [-0.2, 0) is 13.0 Å². The van der Waals surface area contributed by atoms with Gasteiger partial charge in [-0.05, 0) is 47.7 Å². The van der Waals surface area contributed by atoms with Crippen LogP contribution in [0.15, 0.2) is 41.3 Å². The highest BCUT2D eigenvalue weighted by molar-refractivity contribution is 6.30. The van der Waals surface area contributed by atoms with Crippen LogP contribution in [-0.4, -0.2) is 27.2 Å². The summed E-state index contributed by atoms with van der Waals surface area (Å²) in [5, 5.41) is 20.2. The largest absolute Gasteiger partial charge is 0.394 e. The fraction of sp³-hybridized carbons (Fsp3) is 0.333. The standard InChI is InChI=1S/C24H25ClFNO4/c1-13(2)22(12-29)27-10-19(14(3)30)24(31)18-8-16(17(11-28)9-21(18)27)7-15-5-4-6-20(25)23(15)26/h4-6,8-10,13,22,28-29H,7,11-12H2,1-3H3/t22-/m1/s1. The van der Waals surface area contributed by atoms with Crippen LogP contribution in [0.5, 0.6) is 0 Å². The predicted octanol–water partition coefficient (Wildman–Crippen LogP) is 4.27. The Kier molecular flexibility index (Phi) is 6.94. The fourth-order valence-electron chi connectivity index (χ4n) is 3.83. The first-order chi connectivity index (χ1) is 14.7. The first kappa shape index (κ1) is 23.1. The number of Topliss-reactive ketones (excluding diaryl/α,β-unsaturated/α-hetero) is 1. The summed E-state index contributed by atoms with van der Waals surface area (Å²) in [4.78, 5) is 25.2. The molecule has 0 unspecified atom stereocenters. The molecule has 164 valence electrons. The van der Waals surface area contributed by atoms with Gasteiger partial charge in [-0.3, -0.25) is 9.59 Å². The van der Waals surface area contributed by atoms with E-state index in [1.165, 1.54) is 19.2 Å². The minimum atomic E-state index is -0.553. The Morgan fingerprint density at radius 1 is 1.16 bits per heavy atom. The van der Waals surface area contributed by atoms with Crippen molar-refractivity contribution in [2.45, 2.75) is 39.8 Å². The Hall–Kier alpha value is -2.54. The quantitative estimate of drug-likeness (QED) is 0.532. The van der Waals surface area contributed by atoms with E-state index in [2.05, 4.69) is 0 Å². The van der Waals surface area contributed by atoms with Crippen molar-refractivity contribution in [1.29, 1.82) is 0 Å². The highest BCUT2D eigenvalue weighted by Gasteiger charge is 2.21. The molecule has 3 rings (SSSR count). The topological polar surface area (TPSA) is 79.5 Å². The third-order valence-electron chi connectivity index (χ3n) is 5.63. The van der Waals surface area contributed by atoms with Crippen molar-refractivity contribution >= 4 is 28.3 Å².